The third-order valence-electron chi connectivity index (χ3n) is 5.12. The molecule has 2 aromatic carbocycles. The van der Waals surface area contributed by atoms with Gasteiger partial charge in [0.1, 0.15) is 5.69 Å². The highest BCUT2D eigenvalue weighted by atomic mass is 16.2. The Morgan fingerprint density at radius 2 is 1.73 bits per heavy atom. The van der Waals surface area contributed by atoms with Crippen molar-refractivity contribution in [2.75, 3.05) is 7.05 Å². The lowest BCUT2D eigenvalue weighted by molar-refractivity contribution is 0.0786. The molecule has 0 bridgehead atoms. The van der Waals surface area contributed by atoms with E-state index in [4.69, 9.17) is 5.10 Å². The van der Waals surface area contributed by atoms with Crippen molar-refractivity contribution in [1.82, 2.24) is 19.7 Å². The van der Waals surface area contributed by atoms with Gasteiger partial charge in [-0.1, -0.05) is 42.0 Å². The summed E-state index contributed by atoms with van der Waals surface area (Å²) in [6, 6.07) is 19.9. The summed E-state index contributed by atoms with van der Waals surface area (Å²) in [7, 11) is 1.81. The van der Waals surface area contributed by atoms with Gasteiger partial charge in [0.15, 0.2) is 0 Å². The van der Waals surface area contributed by atoms with Crippen LogP contribution in [0, 0.1) is 13.8 Å². The van der Waals surface area contributed by atoms with Crippen LogP contribution in [-0.2, 0) is 6.54 Å². The number of rotatable bonds is 5. The summed E-state index contributed by atoms with van der Waals surface area (Å²) in [4.78, 5) is 19.2. The second kappa shape index (κ2) is 8.33. The largest absolute Gasteiger partial charge is 0.337 e. The van der Waals surface area contributed by atoms with Gasteiger partial charge >= 0.3 is 0 Å². The topological polar surface area (TPSA) is 51.0 Å². The van der Waals surface area contributed by atoms with Crippen LogP contribution in [0.15, 0.2) is 79.3 Å². The van der Waals surface area contributed by atoms with Crippen LogP contribution < -0.4 is 0 Å². The van der Waals surface area contributed by atoms with E-state index >= 15 is 0 Å². The van der Waals surface area contributed by atoms with Crippen LogP contribution in [-0.4, -0.2) is 32.6 Å². The Labute approximate surface area is 176 Å². The minimum Gasteiger partial charge on any atom is -0.337 e. The van der Waals surface area contributed by atoms with Crippen molar-refractivity contribution < 1.29 is 4.79 Å². The van der Waals surface area contributed by atoms with Gasteiger partial charge in [-0.05, 0) is 49.2 Å². The van der Waals surface area contributed by atoms with Gasteiger partial charge in [0.2, 0.25) is 0 Å². The van der Waals surface area contributed by atoms with E-state index in [2.05, 4.69) is 31.0 Å². The van der Waals surface area contributed by atoms with Gasteiger partial charge in [-0.3, -0.25) is 9.78 Å². The molecule has 1 amide bonds. The number of carbonyl (C=O) groups excluding carboxylic acids is 1. The van der Waals surface area contributed by atoms with Crippen LogP contribution in [0.1, 0.15) is 27.0 Å². The van der Waals surface area contributed by atoms with Crippen LogP contribution in [0.2, 0.25) is 0 Å². The molecule has 4 rings (SSSR count). The molecule has 0 aliphatic heterocycles. The monoisotopic (exact) mass is 396 g/mol. The van der Waals surface area contributed by atoms with Gasteiger partial charge in [-0.2, -0.15) is 5.10 Å². The molecule has 0 radical (unpaired) electrons. The molecule has 150 valence electrons. The van der Waals surface area contributed by atoms with E-state index in [0.717, 1.165) is 22.4 Å². The van der Waals surface area contributed by atoms with Crippen LogP contribution >= 0.6 is 0 Å². The number of hydrogen-bond donors (Lipinski definition) is 0. The summed E-state index contributed by atoms with van der Waals surface area (Å²) in [5.41, 5.74) is 6.48. The van der Waals surface area contributed by atoms with Crippen LogP contribution in [0.4, 0.5) is 0 Å². The Kier molecular flexibility index (Phi) is 5.44. The molecule has 0 saturated heterocycles. The highest BCUT2D eigenvalue weighted by Crippen LogP contribution is 2.28. The predicted molar refractivity (Wildman–Crippen MR) is 119 cm³/mol. The Balaban J connectivity index is 1.77. The van der Waals surface area contributed by atoms with E-state index in [1.54, 1.807) is 22.0 Å². The first-order chi connectivity index (χ1) is 14.5. The summed E-state index contributed by atoms with van der Waals surface area (Å²) < 4.78 is 1.78. The summed E-state index contributed by atoms with van der Waals surface area (Å²) >= 11 is 0. The third-order valence-corrected chi connectivity index (χ3v) is 5.12. The Morgan fingerprint density at radius 1 is 1.00 bits per heavy atom. The molecule has 5 heteroatoms. The summed E-state index contributed by atoms with van der Waals surface area (Å²) in [5.74, 6) is -0.0658. The van der Waals surface area contributed by atoms with Crippen LogP contribution in [0.5, 0.6) is 0 Å². The summed E-state index contributed by atoms with van der Waals surface area (Å²) in [6.07, 6.45) is 5.31. The average molecular weight is 396 g/mol. The molecule has 4 aromatic rings. The number of aryl methyl sites for hydroxylation is 2. The molecule has 0 aliphatic carbocycles. The van der Waals surface area contributed by atoms with E-state index in [0.29, 0.717) is 17.8 Å². The van der Waals surface area contributed by atoms with E-state index in [1.807, 2.05) is 61.8 Å². The van der Waals surface area contributed by atoms with Crippen LogP contribution in [0.3, 0.4) is 0 Å². The number of amides is 1. The average Bonchev–Trinajstić information content (AvgIpc) is 3.19. The van der Waals surface area contributed by atoms with Crippen molar-refractivity contribution in [3.63, 3.8) is 0 Å². The fraction of sp³-hybridized carbons (Fsp3) is 0.160. The summed E-state index contributed by atoms with van der Waals surface area (Å²) in [5, 5.41) is 4.81. The second-order valence-corrected chi connectivity index (χ2v) is 7.51. The van der Waals surface area contributed by atoms with E-state index in [9.17, 15) is 4.79 Å². The fourth-order valence-electron chi connectivity index (χ4n) is 3.56. The first-order valence-electron chi connectivity index (χ1n) is 9.90. The minimum absolute atomic E-state index is 0.0658. The first-order valence-corrected chi connectivity index (χ1v) is 9.90. The fourth-order valence-corrected chi connectivity index (χ4v) is 3.56. The zero-order chi connectivity index (χ0) is 21.1. The molecule has 0 atom stereocenters. The number of nitrogens with zero attached hydrogens (tertiary/aromatic N) is 4. The Hall–Kier alpha value is -3.73. The Morgan fingerprint density at radius 3 is 2.43 bits per heavy atom. The molecule has 0 unspecified atom stereocenters. The molecule has 0 spiro atoms. The highest BCUT2D eigenvalue weighted by Gasteiger charge is 2.22. The van der Waals surface area contributed by atoms with Gasteiger partial charge < -0.3 is 4.90 Å². The number of benzene rings is 2. The van der Waals surface area contributed by atoms with Crippen molar-refractivity contribution >= 4 is 5.91 Å². The van der Waals surface area contributed by atoms with Crippen molar-refractivity contribution in [3.05, 3.63) is 102 Å². The number of pyridine rings is 1. The van der Waals surface area contributed by atoms with Gasteiger partial charge in [0.25, 0.3) is 5.91 Å². The lowest BCUT2D eigenvalue weighted by Crippen LogP contribution is -2.26. The quantitative estimate of drug-likeness (QED) is 0.486. The van der Waals surface area contributed by atoms with Gasteiger partial charge in [-0.15, -0.1) is 0 Å². The van der Waals surface area contributed by atoms with Crippen molar-refractivity contribution in [2.45, 2.75) is 20.4 Å². The maximum Gasteiger partial charge on any atom is 0.257 e. The minimum atomic E-state index is -0.0658. The number of hydrogen-bond acceptors (Lipinski definition) is 3. The lowest BCUT2D eigenvalue weighted by atomic mass is 10.0. The van der Waals surface area contributed by atoms with Gasteiger partial charge in [0.05, 0.1) is 11.3 Å². The van der Waals surface area contributed by atoms with Crippen molar-refractivity contribution in [1.29, 1.82) is 0 Å². The molecule has 0 N–H and O–H groups in total. The number of aromatic nitrogens is 3. The Bertz CT molecular complexity index is 1170. The van der Waals surface area contributed by atoms with Crippen molar-refractivity contribution in [3.8, 4) is 16.9 Å². The molecule has 2 heterocycles. The molecule has 0 fully saturated rings. The normalized spacial score (nSPS) is 10.8. The lowest BCUT2D eigenvalue weighted by Gasteiger charge is -2.17. The van der Waals surface area contributed by atoms with E-state index in [-0.39, 0.29) is 5.91 Å². The number of carbonyl (C=O) groups is 1. The second-order valence-electron chi connectivity index (χ2n) is 7.51. The first kappa shape index (κ1) is 19.6. The molecule has 2 aromatic heterocycles. The standard InChI is InChI=1S/C25H24N4O/c1-18-9-10-22(19(2)15-18)24-23(17-29(27-24)21-7-5-4-6-8-21)25(30)28(3)16-20-11-13-26-14-12-20/h4-15,17H,16H2,1-3H3. The molecule has 0 saturated carbocycles. The zero-order valence-electron chi connectivity index (χ0n) is 17.4. The molecule has 5 nitrogen and oxygen atoms in total. The van der Waals surface area contributed by atoms with E-state index in [1.165, 1.54) is 5.56 Å². The molecular formula is C25H24N4O. The van der Waals surface area contributed by atoms with Crippen molar-refractivity contribution in [2.24, 2.45) is 0 Å². The van der Waals surface area contributed by atoms with E-state index < -0.39 is 0 Å². The predicted octanol–water partition coefficient (Wildman–Crippen LogP) is 4.82. The van der Waals surface area contributed by atoms with Crippen LogP contribution in [0.25, 0.3) is 16.9 Å². The number of para-hydroxylation sites is 1. The smallest absolute Gasteiger partial charge is 0.257 e. The van der Waals surface area contributed by atoms with Gasteiger partial charge in [0, 0.05) is 37.7 Å². The summed E-state index contributed by atoms with van der Waals surface area (Å²) in [6.45, 7) is 4.62. The molecule has 0 aliphatic rings. The SMILES string of the molecule is Cc1ccc(-c2nn(-c3ccccc3)cc2C(=O)N(C)Cc2ccncc2)c(C)c1. The molecule has 30 heavy (non-hydrogen) atoms. The maximum atomic E-state index is 13.4. The highest BCUT2D eigenvalue weighted by molar-refractivity contribution is 6.00. The third kappa shape index (κ3) is 4.01. The maximum absolute atomic E-state index is 13.4. The zero-order valence-corrected chi connectivity index (χ0v) is 17.4. The molecular weight excluding hydrogens is 372 g/mol. The van der Waals surface area contributed by atoms with Gasteiger partial charge in [-0.25, -0.2) is 4.68 Å².